The first-order valence-electron chi connectivity index (χ1n) is 6.74. The van der Waals surface area contributed by atoms with Crippen molar-refractivity contribution in [3.05, 3.63) is 45.9 Å². The first-order chi connectivity index (χ1) is 10.0. The quantitative estimate of drug-likeness (QED) is 0.684. The van der Waals surface area contributed by atoms with Crippen LogP contribution in [0.5, 0.6) is 0 Å². The van der Waals surface area contributed by atoms with Crippen LogP contribution in [0.2, 0.25) is 5.02 Å². The van der Waals surface area contributed by atoms with Gasteiger partial charge >= 0.3 is 0 Å². The molecule has 2 aliphatic rings. The first-order valence-corrected chi connectivity index (χ1v) is 7.91. The topological polar surface area (TPSA) is 42.8 Å². The molecule has 3 unspecified atom stereocenters. The van der Waals surface area contributed by atoms with Crippen molar-refractivity contribution in [3.63, 3.8) is 0 Å². The van der Waals surface area contributed by atoms with Gasteiger partial charge in [0.2, 0.25) is 4.77 Å². The fourth-order valence-electron chi connectivity index (χ4n) is 3.15. The second-order valence-corrected chi connectivity index (χ2v) is 7.14. The Morgan fingerprint density at radius 3 is 2.86 bits per heavy atom. The first kappa shape index (κ1) is 13.8. The second-order valence-electron chi connectivity index (χ2n) is 5.69. The van der Waals surface area contributed by atoms with E-state index in [9.17, 15) is 0 Å². The van der Waals surface area contributed by atoms with E-state index < -0.39 is 5.60 Å². The molecule has 2 heterocycles. The molecule has 21 heavy (non-hydrogen) atoms. The maximum absolute atomic E-state index is 6.72. The minimum Gasteiger partial charge on any atom is -0.366 e. The summed E-state index contributed by atoms with van der Waals surface area (Å²) in [6.07, 6.45) is 3.27. The number of nitrogens with one attached hydrogen (secondary N) is 1. The molecule has 1 aromatic heterocycles. The molecule has 110 valence electrons. The van der Waals surface area contributed by atoms with Crippen LogP contribution in [0.15, 0.2) is 30.6 Å². The van der Waals surface area contributed by atoms with Crippen LogP contribution in [0.3, 0.4) is 0 Å². The van der Waals surface area contributed by atoms with Crippen LogP contribution in [0.4, 0.5) is 0 Å². The number of alkyl halides is 1. The summed E-state index contributed by atoms with van der Waals surface area (Å²) in [5.41, 5.74) is 0.546. The van der Waals surface area contributed by atoms with Gasteiger partial charge in [-0.15, -0.1) is 11.6 Å². The number of ether oxygens (including phenoxy) is 1. The third-order valence-corrected chi connectivity index (χ3v) is 5.86. The van der Waals surface area contributed by atoms with Gasteiger partial charge in [0.15, 0.2) is 0 Å². The number of halogens is 2. The normalized spacial score (nSPS) is 33.3. The monoisotopic (exact) mass is 341 g/mol. The molecule has 2 aromatic rings. The van der Waals surface area contributed by atoms with E-state index in [1.165, 1.54) is 0 Å². The maximum Gasteiger partial charge on any atom is 0.215 e. The summed E-state index contributed by atoms with van der Waals surface area (Å²) in [5, 5.41) is 3.75. The zero-order chi connectivity index (χ0) is 14.7. The van der Waals surface area contributed by atoms with Crippen molar-refractivity contribution >= 4 is 35.4 Å². The number of H-pyrrole nitrogens is 1. The molecule has 1 N–H and O–H groups in total. The van der Waals surface area contributed by atoms with Crippen LogP contribution < -0.4 is 0 Å². The SMILES string of the molecule is S=c1nc[nH]n1CC1(Cc2ccccc2Cl)OC2CC21Cl. The Bertz CT molecular complexity index is 760. The summed E-state index contributed by atoms with van der Waals surface area (Å²) in [4.78, 5) is 3.73. The van der Waals surface area contributed by atoms with Gasteiger partial charge in [0.1, 0.15) is 16.8 Å². The Hall–Kier alpha value is -0.880. The molecule has 3 atom stereocenters. The number of nitrogens with zero attached hydrogens (tertiary/aromatic N) is 2. The third-order valence-electron chi connectivity index (χ3n) is 4.42. The summed E-state index contributed by atoms with van der Waals surface area (Å²) in [5.74, 6) is 0. The second kappa shape index (κ2) is 4.56. The van der Waals surface area contributed by atoms with Gasteiger partial charge in [-0.3, -0.25) is 9.78 Å². The Morgan fingerprint density at radius 1 is 1.48 bits per heavy atom. The van der Waals surface area contributed by atoms with Crippen LogP contribution in [-0.4, -0.2) is 31.3 Å². The van der Waals surface area contributed by atoms with Crippen molar-refractivity contribution in [1.29, 1.82) is 0 Å². The van der Waals surface area contributed by atoms with E-state index in [1.807, 2.05) is 24.3 Å². The molecule has 7 heteroatoms. The Labute approximate surface area is 137 Å². The van der Waals surface area contributed by atoms with Crippen LogP contribution in [0.1, 0.15) is 12.0 Å². The van der Waals surface area contributed by atoms with Gasteiger partial charge in [-0.05, 0) is 23.8 Å². The van der Waals surface area contributed by atoms with Crippen LogP contribution in [0, 0.1) is 4.77 Å². The van der Waals surface area contributed by atoms with E-state index in [1.54, 1.807) is 11.0 Å². The molecule has 1 aliphatic heterocycles. The number of aromatic nitrogens is 3. The molecule has 4 rings (SSSR count). The highest BCUT2D eigenvalue weighted by molar-refractivity contribution is 7.71. The van der Waals surface area contributed by atoms with Crippen LogP contribution in [0.25, 0.3) is 0 Å². The smallest absolute Gasteiger partial charge is 0.215 e. The molecule has 1 saturated carbocycles. The van der Waals surface area contributed by atoms with Crippen molar-refractivity contribution in [3.8, 4) is 0 Å². The van der Waals surface area contributed by atoms with Crippen molar-refractivity contribution in [1.82, 2.24) is 14.8 Å². The average molecular weight is 342 g/mol. The number of hydrogen-bond donors (Lipinski definition) is 1. The van der Waals surface area contributed by atoms with Gasteiger partial charge in [-0.2, -0.15) is 0 Å². The molecular weight excluding hydrogens is 329 g/mol. The molecular formula is C14H13Cl2N3OS. The lowest BCUT2D eigenvalue weighted by atomic mass is 9.85. The average Bonchev–Trinajstić information content (AvgIpc) is 2.81. The molecule has 0 radical (unpaired) electrons. The third kappa shape index (κ3) is 1.99. The summed E-state index contributed by atoms with van der Waals surface area (Å²) in [7, 11) is 0. The van der Waals surface area contributed by atoms with E-state index in [0.717, 1.165) is 17.0 Å². The molecule has 2 fully saturated rings. The molecule has 1 aromatic carbocycles. The molecule has 1 aliphatic carbocycles. The van der Waals surface area contributed by atoms with Gasteiger partial charge in [0.05, 0.1) is 12.6 Å². The minimum atomic E-state index is -0.491. The van der Waals surface area contributed by atoms with Gasteiger partial charge in [0.25, 0.3) is 0 Å². The number of rotatable bonds is 4. The fourth-order valence-corrected chi connectivity index (χ4v) is 3.88. The van der Waals surface area contributed by atoms with E-state index in [0.29, 0.717) is 17.7 Å². The minimum absolute atomic E-state index is 0.152. The van der Waals surface area contributed by atoms with E-state index >= 15 is 0 Å². The van der Waals surface area contributed by atoms with Gasteiger partial charge < -0.3 is 4.74 Å². The summed E-state index contributed by atoms with van der Waals surface area (Å²) in [6, 6.07) is 7.79. The molecule has 0 bridgehead atoms. The van der Waals surface area contributed by atoms with Crippen molar-refractivity contribution < 1.29 is 4.74 Å². The van der Waals surface area contributed by atoms with Gasteiger partial charge in [0, 0.05) is 17.9 Å². The summed E-state index contributed by atoms with van der Waals surface area (Å²) >= 11 is 18.2. The zero-order valence-corrected chi connectivity index (χ0v) is 13.4. The standard InChI is InChI=1S/C14H13Cl2N3OS/c15-10-4-2-1-3-9(10)5-13(14(16)6-11(14)20-13)7-19-12(21)17-8-18-19/h1-4,8,11H,5-7H2,(H,17,18,21). The van der Waals surface area contributed by atoms with E-state index in [4.69, 9.17) is 40.2 Å². The number of aromatic amines is 1. The number of hydrogen-bond acceptors (Lipinski definition) is 3. The predicted molar refractivity (Wildman–Crippen MR) is 83.4 cm³/mol. The lowest BCUT2D eigenvalue weighted by molar-refractivity contribution is -0.154. The Kier molecular flexibility index (Phi) is 2.99. The lowest BCUT2D eigenvalue weighted by Crippen LogP contribution is -2.59. The molecule has 1 saturated heterocycles. The number of fused-ring (bicyclic) bond motifs is 1. The van der Waals surface area contributed by atoms with Crippen molar-refractivity contribution in [2.45, 2.75) is 36.0 Å². The number of benzene rings is 1. The van der Waals surface area contributed by atoms with Crippen LogP contribution in [-0.2, 0) is 17.7 Å². The van der Waals surface area contributed by atoms with Crippen LogP contribution >= 0.6 is 35.4 Å². The summed E-state index contributed by atoms with van der Waals surface area (Å²) in [6.45, 7) is 0.553. The fraction of sp³-hybridized carbons (Fsp3) is 0.429. The van der Waals surface area contributed by atoms with E-state index in [-0.39, 0.29) is 11.0 Å². The lowest BCUT2D eigenvalue weighted by Gasteiger charge is -2.46. The summed E-state index contributed by atoms with van der Waals surface area (Å²) < 4.78 is 8.38. The molecule has 4 nitrogen and oxygen atoms in total. The highest BCUT2D eigenvalue weighted by Crippen LogP contribution is 2.66. The Balaban J connectivity index is 1.68. The van der Waals surface area contributed by atoms with E-state index in [2.05, 4.69) is 10.1 Å². The van der Waals surface area contributed by atoms with Gasteiger partial charge in [-0.1, -0.05) is 29.8 Å². The van der Waals surface area contributed by atoms with Crippen molar-refractivity contribution in [2.75, 3.05) is 0 Å². The van der Waals surface area contributed by atoms with Crippen molar-refractivity contribution in [2.24, 2.45) is 0 Å². The van der Waals surface area contributed by atoms with Gasteiger partial charge in [-0.25, -0.2) is 4.98 Å². The maximum atomic E-state index is 6.72. The highest BCUT2D eigenvalue weighted by Gasteiger charge is 2.78. The molecule has 0 amide bonds. The Morgan fingerprint density at radius 2 is 2.29 bits per heavy atom. The predicted octanol–water partition coefficient (Wildman–Crippen LogP) is 3.36. The zero-order valence-electron chi connectivity index (χ0n) is 11.1. The molecule has 0 spiro atoms. The largest absolute Gasteiger partial charge is 0.366 e. The highest BCUT2D eigenvalue weighted by atomic mass is 35.5.